The lowest BCUT2D eigenvalue weighted by Crippen LogP contribution is -2.52. The average molecular weight is 370 g/mol. The van der Waals surface area contributed by atoms with Crippen LogP contribution in [0.4, 0.5) is 4.79 Å². The quantitative estimate of drug-likeness (QED) is 0.727. The molecule has 6 nitrogen and oxygen atoms in total. The molecule has 1 aliphatic heterocycles. The number of imidazole rings is 1. The topological polar surface area (TPSA) is 53.4 Å². The van der Waals surface area contributed by atoms with Crippen molar-refractivity contribution in [1.82, 2.24) is 24.7 Å². The number of nitrogens with one attached hydrogen (secondary N) is 1. The van der Waals surface area contributed by atoms with E-state index in [9.17, 15) is 4.79 Å². The van der Waals surface area contributed by atoms with Crippen LogP contribution in [0.25, 0.3) is 0 Å². The first-order valence-corrected chi connectivity index (χ1v) is 10.1. The smallest absolute Gasteiger partial charge is 0.317 e. The third-order valence-corrected chi connectivity index (χ3v) is 5.20. The van der Waals surface area contributed by atoms with Crippen LogP contribution in [0, 0.1) is 0 Å². The van der Waals surface area contributed by atoms with Crippen molar-refractivity contribution in [2.24, 2.45) is 0 Å². The van der Waals surface area contributed by atoms with Gasteiger partial charge in [-0.1, -0.05) is 37.3 Å². The average Bonchev–Trinajstić information content (AvgIpc) is 3.18. The number of rotatable bonds is 8. The SMILES string of the molecule is CCc1nccn1CCN1CCN(C(=O)NCCCc2ccccc2)CC1. The minimum atomic E-state index is 0.0746. The number of aromatic nitrogens is 2. The van der Waals surface area contributed by atoms with Gasteiger partial charge in [0, 0.05) is 64.6 Å². The highest BCUT2D eigenvalue weighted by atomic mass is 16.2. The fraction of sp³-hybridized carbons (Fsp3) is 0.524. The zero-order chi connectivity index (χ0) is 18.9. The highest BCUT2D eigenvalue weighted by Crippen LogP contribution is 2.05. The minimum Gasteiger partial charge on any atom is -0.338 e. The number of nitrogens with zero attached hydrogens (tertiary/aromatic N) is 4. The number of benzene rings is 1. The van der Waals surface area contributed by atoms with Gasteiger partial charge < -0.3 is 14.8 Å². The van der Waals surface area contributed by atoms with Crippen LogP contribution in [-0.4, -0.2) is 64.7 Å². The molecule has 2 heterocycles. The van der Waals surface area contributed by atoms with E-state index in [1.807, 2.05) is 17.2 Å². The molecule has 1 aromatic carbocycles. The molecule has 0 spiro atoms. The normalized spacial score (nSPS) is 15.1. The number of hydrogen-bond donors (Lipinski definition) is 1. The van der Waals surface area contributed by atoms with Gasteiger partial charge in [0.1, 0.15) is 5.82 Å². The molecule has 1 saturated heterocycles. The van der Waals surface area contributed by atoms with E-state index in [4.69, 9.17) is 0 Å². The second kappa shape index (κ2) is 10.1. The van der Waals surface area contributed by atoms with Gasteiger partial charge >= 0.3 is 6.03 Å². The van der Waals surface area contributed by atoms with E-state index in [2.05, 4.69) is 57.2 Å². The zero-order valence-electron chi connectivity index (χ0n) is 16.3. The molecule has 0 unspecified atom stereocenters. The molecular weight excluding hydrogens is 338 g/mol. The monoisotopic (exact) mass is 369 g/mol. The Morgan fingerprint density at radius 2 is 1.89 bits per heavy atom. The Morgan fingerprint density at radius 3 is 2.63 bits per heavy atom. The maximum absolute atomic E-state index is 12.3. The summed E-state index contributed by atoms with van der Waals surface area (Å²) >= 11 is 0. The van der Waals surface area contributed by atoms with Gasteiger partial charge in [-0.15, -0.1) is 0 Å². The number of piperazine rings is 1. The van der Waals surface area contributed by atoms with Crippen molar-refractivity contribution in [2.75, 3.05) is 39.3 Å². The molecular formula is C21H31N5O. The molecule has 27 heavy (non-hydrogen) atoms. The molecule has 0 atom stereocenters. The van der Waals surface area contributed by atoms with Crippen molar-refractivity contribution >= 4 is 6.03 Å². The van der Waals surface area contributed by atoms with Gasteiger partial charge in [-0.05, 0) is 18.4 Å². The van der Waals surface area contributed by atoms with Gasteiger partial charge in [-0.25, -0.2) is 9.78 Å². The third kappa shape index (κ3) is 5.82. The largest absolute Gasteiger partial charge is 0.338 e. The maximum atomic E-state index is 12.3. The lowest BCUT2D eigenvalue weighted by Gasteiger charge is -2.34. The maximum Gasteiger partial charge on any atom is 0.317 e. The molecule has 6 heteroatoms. The second-order valence-electron chi connectivity index (χ2n) is 7.04. The van der Waals surface area contributed by atoms with E-state index >= 15 is 0 Å². The number of carbonyl (C=O) groups excluding carboxylic acids is 1. The fourth-order valence-corrected chi connectivity index (χ4v) is 3.53. The molecule has 2 amide bonds. The van der Waals surface area contributed by atoms with Crippen LogP contribution in [0.3, 0.4) is 0 Å². The van der Waals surface area contributed by atoms with Crippen molar-refractivity contribution in [3.05, 3.63) is 54.1 Å². The van der Waals surface area contributed by atoms with Crippen LogP contribution in [-0.2, 0) is 19.4 Å². The van der Waals surface area contributed by atoms with Gasteiger partial charge in [0.2, 0.25) is 0 Å². The number of carbonyl (C=O) groups is 1. The first kappa shape index (κ1) is 19.4. The van der Waals surface area contributed by atoms with Crippen LogP contribution < -0.4 is 5.32 Å². The Morgan fingerprint density at radius 1 is 1.11 bits per heavy atom. The van der Waals surface area contributed by atoms with Crippen LogP contribution in [0.15, 0.2) is 42.7 Å². The highest BCUT2D eigenvalue weighted by Gasteiger charge is 2.20. The minimum absolute atomic E-state index is 0.0746. The molecule has 1 fully saturated rings. The van der Waals surface area contributed by atoms with E-state index in [1.54, 1.807) is 0 Å². The summed E-state index contributed by atoms with van der Waals surface area (Å²) in [6.45, 7) is 8.32. The summed E-state index contributed by atoms with van der Waals surface area (Å²) in [5.74, 6) is 1.14. The molecule has 3 rings (SSSR count). The highest BCUT2D eigenvalue weighted by molar-refractivity contribution is 5.74. The van der Waals surface area contributed by atoms with E-state index in [-0.39, 0.29) is 6.03 Å². The van der Waals surface area contributed by atoms with Crippen molar-refractivity contribution < 1.29 is 4.79 Å². The predicted octanol–water partition coefficient (Wildman–Crippen LogP) is 2.41. The summed E-state index contributed by atoms with van der Waals surface area (Å²) in [5, 5.41) is 3.06. The number of amides is 2. The summed E-state index contributed by atoms with van der Waals surface area (Å²) in [4.78, 5) is 21.1. The number of hydrogen-bond acceptors (Lipinski definition) is 3. The lowest BCUT2D eigenvalue weighted by molar-refractivity contribution is 0.136. The van der Waals surface area contributed by atoms with Crippen LogP contribution >= 0.6 is 0 Å². The van der Waals surface area contributed by atoms with E-state index < -0.39 is 0 Å². The summed E-state index contributed by atoms with van der Waals surface area (Å²) in [6.07, 6.45) is 6.87. The molecule has 0 saturated carbocycles. The van der Waals surface area contributed by atoms with E-state index in [0.717, 1.165) is 70.9 Å². The second-order valence-corrected chi connectivity index (χ2v) is 7.04. The summed E-state index contributed by atoms with van der Waals surface area (Å²) in [5.41, 5.74) is 1.32. The summed E-state index contributed by atoms with van der Waals surface area (Å²) in [6, 6.07) is 10.5. The standard InChI is InChI=1S/C21H31N5O/c1-2-20-22-11-12-25(20)16-13-24-14-17-26(18-15-24)21(27)23-10-6-9-19-7-4-3-5-8-19/h3-5,7-8,11-12H,2,6,9-10,13-18H2,1H3,(H,23,27). The molecule has 0 bridgehead atoms. The molecule has 146 valence electrons. The first-order chi connectivity index (χ1) is 13.3. The first-order valence-electron chi connectivity index (χ1n) is 10.1. The summed E-state index contributed by atoms with van der Waals surface area (Å²) < 4.78 is 2.23. The van der Waals surface area contributed by atoms with Gasteiger partial charge in [0.05, 0.1) is 0 Å². The van der Waals surface area contributed by atoms with Crippen molar-refractivity contribution in [3.8, 4) is 0 Å². The van der Waals surface area contributed by atoms with Crippen molar-refractivity contribution in [2.45, 2.75) is 32.7 Å². The lowest BCUT2D eigenvalue weighted by atomic mass is 10.1. The van der Waals surface area contributed by atoms with Gasteiger partial charge in [-0.2, -0.15) is 0 Å². The third-order valence-electron chi connectivity index (χ3n) is 5.20. The molecule has 0 aliphatic carbocycles. The molecule has 1 aromatic heterocycles. The summed E-state index contributed by atoms with van der Waals surface area (Å²) in [7, 11) is 0. The van der Waals surface area contributed by atoms with Gasteiger partial charge in [0.25, 0.3) is 0 Å². The van der Waals surface area contributed by atoms with Crippen LogP contribution in [0.5, 0.6) is 0 Å². The fourth-order valence-electron chi connectivity index (χ4n) is 3.53. The van der Waals surface area contributed by atoms with Crippen molar-refractivity contribution in [1.29, 1.82) is 0 Å². The Balaban J connectivity index is 1.30. The number of urea groups is 1. The Kier molecular flexibility index (Phi) is 7.27. The molecule has 1 aliphatic rings. The van der Waals surface area contributed by atoms with Crippen LogP contribution in [0.2, 0.25) is 0 Å². The zero-order valence-corrected chi connectivity index (χ0v) is 16.3. The van der Waals surface area contributed by atoms with Crippen molar-refractivity contribution in [3.63, 3.8) is 0 Å². The molecule has 2 aromatic rings. The molecule has 0 radical (unpaired) electrons. The van der Waals surface area contributed by atoms with E-state index in [0.29, 0.717) is 0 Å². The van der Waals surface area contributed by atoms with E-state index in [1.165, 1.54) is 5.56 Å². The predicted molar refractivity (Wildman–Crippen MR) is 108 cm³/mol. The van der Waals surface area contributed by atoms with Crippen LogP contribution in [0.1, 0.15) is 24.7 Å². The van der Waals surface area contributed by atoms with Gasteiger partial charge in [-0.3, -0.25) is 4.90 Å². The Hall–Kier alpha value is -2.34. The molecule has 1 N–H and O–H groups in total. The van der Waals surface area contributed by atoms with Gasteiger partial charge in [0.15, 0.2) is 0 Å². The Bertz CT molecular complexity index is 692. The number of aryl methyl sites for hydroxylation is 2. The Labute approximate surface area is 162 Å².